The molecule has 202 valence electrons. The zero-order chi connectivity index (χ0) is 29.1. The first-order chi connectivity index (χ1) is 19.6. The largest absolute Gasteiger partial charge is 0.199 e. The lowest BCUT2D eigenvalue weighted by atomic mass is 9.92. The number of benzene rings is 4. The molecule has 5 rings (SSSR count). The van der Waals surface area contributed by atoms with Gasteiger partial charge in [0.2, 0.25) is 0 Å². The third-order valence-corrected chi connectivity index (χ3v) is 13.6. The van der Waals surface area contributed by atoms with Crippen molar-refractivity contribution in [3.8, 4) is 22.9 Å². The topological polar surface area (TPSA) is 0 Å². The van der Waals surface area contributed by atoms with Gasteiger partial charge in [-0.1, -0.05) is 172 Å². The van der Waals surface area contributed by atoms with Crippen LogP contribution in [0, 0.1) is 22.9 Å². The Balaban J connectivity index is 2.09. The van der Waals surface area contributed by atoms with Crippen molar-refractivity contribution in [2.24, 2.45) is 0 Å². The quantitative estimate of drug-likeness (QED) is 0.170. The molecule has 0 saturated carbocycles. The summed E-state index contributed by atoms with van der Waals surface area (Å²) in [6.45, 7) is 14.0. The zero-order valence-corrected chi connectivity index (χ0v) is 28.0. The lowest BCUT2D eigenvalue weighted by Gasteiger charge is -2.31. The van der Waals surface area contributed by atoms with E-state index < -0.39 is 24.2 Å². The van der Waals surface area contributed by atoms with Crippen molar-refractivity contribution in [1.29, 1.82) is 0 Å². The molecule has 0 fully saturated rings. The van der Waals surface area contributed by atoms with E-state index in [2.05, 4.69) is 184 Å². The van der Waals surface area contributed by atoms with Crippen LogP contribution in [-0.4, -0.2) is 24.2 Å². The Morgan fingerprint density at radius 3 is 1.00 bits per heavy atom. The van der Waals surface area contributed by atoms with Crippen molar-refractivity contribution in [1.82, 2.24) is 0 Å². The second-order valence-corrected chi connectivity index (χ2v) is 25.9. The summed E-state index contributed by atoms with van der Waals surface area (Å²) in [5, 5.41) is 5.21. The average molecular weight is 579 g/mol. The maximum absolute atomic E-state index is 3.94. The fraction of sp³-hybridized carbons (Fsp3) is 0.158. The van der Waals surface area contributed by atoms with Crippen LogP contribution >= 0.6 is 0 Å². The third-order valence-electron chi connectivity index (χ3n) is 7.16. The van der Waals surface area contributed by atoms with Crippen LogP contribution < -0.4 is 10.4 Å². The molecule has 0 aliphatic carbocycles. The van der Waals surface area contributed by atoms with Crippen LogP contribution in [0.2, 0.25) is 39.3 Å². The van der Waals surface area contributed by atoms with Crippen molar-refractivity contribution in [3.05, 3.63) is 143 Å². The molecule has 0 radical (unpaired) electrons. The van der Waals surface area contributed by atoms with E-state index in [1.807, 2.05) is 0 Å². The molecule has 0 spiro atoms. The fourth-order valence-corrected chi connectivity index (χ4v) is 11.6. The lowest BCUT2D eigenvalue weighted by molar-refractivity contribution is 1.58. The first-order valence-electron chi connectivity index (χ1n) is 14.4. The highest BCUT2D eigenvalue weighted by molar-refractivity contribution is 7.16. The van der Waals surface area contributed by atoms with Crippen LogP contribution in [0.1, 0.15) is 11.1 Å². The molecule has 0 amide bonds. The van der Waals surface area contributed by atoms with Gasteiger partial charge in [0.05, 0.1) is 0 Å². The van der Waals surface area contributed by atoms with Gasteiger partial charge in [0, 0.05) is 10.4 Å². The van der Waals surface area contributed by atoms with Crippen molar-refractivity contribution in [2.75, 3.05) is 0 Å². The molecule has 0 N–H and O–H groups in total. The number of hydrogen-bond acceptors (Lipinski definition) is 0. The van der Waals surface area contributed by atoms with Crippen molar-refractivity contribution in [3.63, 3.8) is 0 Å². The van der Waals surface area contributed by atoms with Gasteiger partial charge in [0.25, 0.3) is 0 Å². The van der Waals surface area contributed by atoms with Crippen LogP contribution in [-0.2, 0) is 0 Å². The second kappa shape index (κ2) is 11.6. The summed E-state index contributed by atoms with van der Waals surface area (Å²) < 4.78 is 0. The first-order valence-corrected chi connectivity index (χ1v) is 23.4. The molecular weight excluding hydrogens is 541 g/mol. The Labute approximate surface area is 249 Å². The van der Waals surface area contributed by atoms with Gasteiger partial charge in [0.1, 0.15) is 16.1 Å². The Morgan fingerprint density at radius 1 is 0.415 bits per heavy atom. The van der Waals surface area contributed by atoms with Gasteiger partial charge in [-0.25, -0.2) is 0 Å². The predicted octanol–water partition coefficient (Wildman–Crippen LogP) is 8.01. The Morgan fingerprint density at radius 2 is 0.707 bits per heavy atom. The molecule has 4 aromatic carbocycles. The summed E-state index contributed by atoms with van der Waals surface area (Å²) in [5.74, 6) is 7.88. The normalized spacial score (nSPS) is 14.7. The minimum Gasteiger partial charge on any atom is -0.127 e. The summed E-state index contributed by atoms with van der Waals surface area (Å²) in [5.41, 5.74) is 12.6. The predicted molar refractivity (Wildman–Crippen MR) is 187 cm³/mol. The zero-order valence-electron chi connectivity index (χ0n) is 25.0. The maximum Gasteiger partial charge on any atom is 0.199 e. The fourth-order valence-electron chi connectivity index (χ4n) is 5.47. The van der Waals surface area contributed by atoms with Crippen LogP contribution in [0.5, 0.6) is 0 Å². The second-order valence-electron chi connectivity index (χ2n) is 12.7. The van der Waals surface area contributed by atoms with Gasteiger partial charge in [0.15, 0.2) is 8.07 Å². The van der Waals surface area contributed by atoms with Crippen LogP contribution in [0.4, 0.5) is 0 Å². The molecule has 4 aromatic rings. The van der Waals surface area contributed by atoms with Gasteiger partial charge < -0.3 is 0 Å². The highest BCUT2D eigenvalue weighted by atomic mass is 28.3. The summed E-state index contributed by atoms with van der Waals surface area (Å²) >= 11 is 0. The van der Waals surface area contributed by atoms with Gasteiger partial charge in [-0.05, 0) is 32.6 Å². The van der Waals surface area contributed by atoms with Crippen molar-refractivity contribution >= 4 is 45.7 Å². The van der Waals surface area contributed by atoms with E-state index in [0.29, 0.717) is 0 Å². The van der Waals surface area contributed by atoms with Gasteiger partial charge in [-0.15, -0.1) is 11.1 Å². The molecular formula is C38H38Si3. The number of hydrogen-bond donors (Lipinski definition) is 0. The molecule has 0 bridgehead atoms. The molecule has 1 heterocycles. The summed E-state index contributed by atoms with van der Waals surface area (Å²) in [6.07, 6.45) is 0. The Bertz CT molecular complexity index is 1580. The molecule has 0 unspecified atom stereocenters. The molecule has 41 heavy (non-hydrogen) atoms. The van der Waals surface area contributed by atoms with E-state index in [-0.39, 0.29) is 0 Å². The lowest BCUT2D eigenvalue weighted by Crippen LogP contribution is -2.60. The van der Waals surface area contributed by atoms with Gasteiger partial charge in [-0.3, -0.25) is 0 Å². The van der Waals surface area contributed by atoms with E-state index in [1.165, 1.54) is 43.0 Å². The highest BCUT2D eigenvalue weighted by Crippen LogP contribution is 2.48. The summed E-state index contributed by atoms with van der Waals surface area (Å²) in [6, 6.07) is 44.0. The average Bonchev–Trinajstić information content (AvgIpc) is 3.27. The van der Waals surface area contributed by atoms with Gasteiger partial charge >= 0.3 is 0 Å². The number of allylic oxidation sites excluding steroid dienone is 4. The van der Waals surface area contributed by atoms with E-state index in [0.717, 1.165) is 0 Å². The smallest absolute Gasteiger partial charge is 0.127 e. The molecule has 0 aromatic heterocycles. The van der Waals surface area contributed by atoms with Crippen LogP contribution in [0.3, 0.4) is 0 Å². The molecule has 3 heteroatoms. The standard InChI is InChI=1S/C38H38Si3/c1-39(2,3)29-27-35-37(31-19-11-7-12-20-31)38(32-21-13-8-14-22-32)36(28-30-40(4,5)6)41(35,33-23-15-9-16-24-33)34-25-17-10-18-26-34/h7-26H,1-6H3. The van der Waals surface area contributed by atoms with E-state index in [4.69, 9.17) is 0 Å². The van der Waals surface area contributed by atoms with E-state index >= 15 is 0 Å². The third kappa shape index (κ3) is 5.95. The molecule has 0 saturated heterocycles. The Kier molecular flexibility index (Phi) is 8.07. The summed E-state index contributed by atoms with van der Waals surface area (Å²) in [7, 11) is -6.30. The van der Waals surface area contributed by atoms with Gasteiger partial charge in [-0.2, -0.15) is 0 Å². The Hall–Kier alpha value is -3.87. The van der Waals surface area contributed by atoms with Crippen molar-refractivity contribution in [2.45, 2.75) is 39.3 Å². The van der Waals surface area contributed by atoms with E-state index in [9.17, 15) is 0 Å². The van der Waals surface area contributed by atoms with Crippen molar-refractivity contribution < 1.29 is 0 Å². The molecule has 1 aliphatic rings. The molecule has 0 atom stereocenters. The SMILES string of the molecule is C[Si](C)(C)C#CC1=C(c2ccccc2)C(c2ccccc2)=C(C#C[Si](C)(C)C)[Si]1(c1ccccc1)c1ccccc1. The maximum atomic E-state index is 3.94. The highest BCUT2D eigenvalue weighted by Gasteiger charge is 2.52. The molecule has 1 aliphatic heterocycles. The minimum atomic E-state index is -2.88. The van der Waals surface area contributed by atoms with Crippen LogP contribution in [0.25, 0.3) is 11.1 Å². The van der Waals surface area contributed by atoms with E-state index in [1.54, 1.807) is 0 Å². The summed E-state index contributed by atoms with van der Waals surface area (Å²) in [4.78, 5) is 0. The van der Waals surface area contributed by atoms with Crippen LogP contribution in [0.15, 0.2) is 132 Å². The minimum absolute atomic E-state index is 1.21. The monoisotopic (exact) mass is 578 g/mol. The number of rotatable bonds is 4. The molecule has 0 nitrogen and oxygen atoms in total. The first kappa shape index (κ1) is 28.7.